The fourth-order valence-corrected chi connectivity index (χ4v) is 3.16. The molecule has 1 saturated carbocycles. The molecular formula is C19H23ClN4O. The number of anilines is 1. The van der Waals surface area contributed by atoms with Gasteiger partial charge in [0.15, 0.2) is 0 Å². The summed E-state index contributed by atoms with van der Waals surface area (Å²) in [7, 11) is 0. The van der Waals surface area contributed by atoms with Crippen LogP contribution in [0.3, 0.4) is 0 Å². The van der Waals surface area contributed by atoms with Gasteiger partial charge >= 0.3 is 0 Å². The van der Waals surface area contributed by atoms with Crippen LogP contribution in [-0.4, -0.2) is 28.5 Å². The molecule has 1 heterocycles. The van der Waals surface area contributed by atoms with Gasteiger partial charge < -0.3 is 10.6 Å². The van der Waals surface area contributed by atoms with E-state index in [1.807, 2.05) is 24.3 Å². The number of nitrogens with zero attached hydrogens (tertiary/aromatic N) is 2. The SMILES string of the molecule is O=C(NCCc1ccc(Cl)cc1)c1cnc(NC2CCCCC2)cn1. The molecule has 0 spiro atoms. The van der Waals surface area contributed by atoms with Gasteiger partial charge in [0, 0.05) is 17.6 Å². The third-order valence-corrected chi connectivity index (χ3v) is 4.71. The molecule has 1 fully saturated rings. The second-order valence-corrected chi connectivity index (χ2v) is 6.83. The summed E-state index contributed by atoms with van der Waals surface area (Å²) in [6.45, 7) is 0.546. The summed E-state index contributed by atoms with van der Waals surface area (Å²) >= 11 is 5.86. The number of rotatable bonds is 6. The Morgan fingerprint density at radius 2 is 1.84 bits per heavy atom. The molecule has 0 radical (unpaired) electrons. The molecule has 1 aromatic carbocycles. The Balaban J connectivity index is 1.46. The van der Waals surface area contributed by atoms with Crippen molar-refractivity contribution < 1.29 is 4.79 Å². The zero-order chi connectivity index (χ0) is 17.5. The van der Waals surface area contributed by atoms with E-state index in [0.717, 1.165) is 17.8 Å². The molecule has 0 atom stereocenters. The second-order valence-electron chi connectivity index (χ2n) is 6.40. The van der Waals surface area contributed by atoms with E-state index in [1.54, 1.807) is 6.20 Å². The van der Waals surface area contributed by atoms with E-state index in [9.17, 15) is 4.79 Å². The first kappa shape index (κ1) is 17.7. The van der Waals surface area contributed by atoms with Gasteiger partial charge in [-0.2, -0.15) is 0 Å². The maximum Gasteiger partial charge on any atom is 0.271 e. The van der Waals surface area contributed by atoms with Crippen LogP contribution in [-0.2, 0) is 6.42 Å². The zero-order valence-corrected chi connectivity index (χ0v) is 14.9. The molecule has 1 aromatic heterocycles. The van der Waals surface area contributed by atoms with E-state index in [4.69, 9.17) is 11.6 Å². The van der Waals surface area contributed by atoms with Crippen LogP contribution >= 0.6 is 11.6 Å². The van der Waals surface area contributed by atoms with Crippen molar-refractivity contribution in [3.8, 4) is 0 Å². The Kier molecular flexibility index (Phi) is 6.23. The van der Waals surface area contributed by atoms with Crippen LogP contribution in [0.25, 0.3) is 0 Å². The molecular weight excluding hydrogens is 336 g/mol. The lowest BCUT2D eigenvalue weighted by molar-refractivity contribution is 0.0949. The largest absolute Gasteiger partial charge is 0.366 e. The molecule has 5 nitrogen and oxygen atoms in total. The molecule has 2 N–H and O–H groups in total. The minimum absolute atomic E-state index is 0.203. The lowest BCUT2D eigenvalue weighted by Gasteiger charge is -2.23. The molecule has 132 valence electrons. The van der Waals surface area contributed by atoms with Crippen molar-refractivity contribution in [2.45, 2.75) is 44.6 Å². The van der Waals surface area contributed by atoms with Gasteiger partial charge in [0.25, 0.3) is 5.91 Å². The van der Waals surface area contributed by atoms with Gasteiger partial charge in [-0.15, -0.1) is 0 Å². The van der Waals surface area contributed by atoms with Crippen molar-refractivity contribution >= 4 is 23.3 Å². The number of halogens is 1. The molecule has 1 aliphatic rings. The minimum atomic E-state index is -0.203. The van der Waals surface area contributed by atoms with Crippen molar-refractivity contribution in [3.05, 3.63) is 52.9 Å². The first-order valence-electron chi connectivity index (χ1n) is 8.82. The highest BCUT2D eigenvalue weighted by Crippen LogP contribution is 2.20. The van der Waals surface area contributed by atoms with Crippen molar-refractivity contribution in [2.24, 2.45) is 0 Å². The Bertz CT molecular complexity index is 682. The number of carbonyl (C=O) groups excluding carboxylic acids is 1. The van der Waals surface area contributed by atoms with Gasteiger partial charge in [-0.05, 0) is 37.0 Å². The molecule has 25 heavy (non-hydrogen) atoms. The van der Waals surface area contributed by atoms with Gasteiger partial charge in [0.2, 0.25) is 0 Å². The topological polar surface area (TPSA) is 66.9 Å². The summed E-state index contributed by atoms with van der Waals surface area (Å²) in [6, 6.07) is 8.09. The molecule has 6 heteroatoms. The van der Waals surface area contributed by atoms with E-state index in [2.05, 4.69) is 20.6 Å². The van der Waals surface area contributed by atoms with Crippen LogP contribution in [0.2, 0.25) is 5.02 Å². The van der Waals surface area contributed by atoms with Crippen LogP contribution < -0.4 is 10.6 Å². The van der Waals surface area contributed by atoms with Crippen molar-refractivity contribution in [2.75, 3.05) is 11.9 Å². The minimum Gasteiger partial charge on any atom is -0.366 e. The van der Waals surface area contributed by atoms with Crippen LogP contribution in [0.15, 0.2) is 36.7 Å². The predicted octanol–water partition coefficient (Wildman–Crippen LogP) is 3.85. The number of hydrogen-bond acceptors (Lipinski definition) is 4. The molecule has 1 amide bonds. The summed E-state index contributed by atoms with van der Waals surface area (Å²) in [5.74, 6) is 0.537. The molecule has 0 unspecified atom stereocenters. The van der Waals surface area contributed by atoms with Crippen LogP contribution in [0.4, 0.5) is 5.82 Å². The maximum atomic E-state index is 12.1. The Morgan fingerprint density at radius 1 is 1.08 bits per heavy atom. The van der Waals surface area contributed by atoms with Crippen molar-refractivity contribution in [1.82, 2.24) is 15.3 Å². The number of aromatic nitrogens is 2. The molecule has 0 saturated heterocycles. The second kappa shape index (κ2) is 8.81. The highest BCUT2D eigenvalue weighted by Gasteiger charge is 2.14. The number of amides is 1. The molecule has 2 aromatic rings. The smallest absolute Gasteiger partial charge is 0.271 e. The number of benzene rings is 1. The van der Waals surface area contributed by atoms with Gasteiger partial charge in [0.1, 0.15) is 11.5 Å². The van der Waals surface area contributed by atoms with Gasteiger partial charge in [-0.25, -0.2) is 9.97 Å². The summed E-state index contributed by atoms with van der Waals surface area (Å²) < 4.78 is 0. The predicted molar refractivity (Wildman–Crippen MR) is 100 cm³/mol. The molecule has 0 bridgehead atoms. The zero-order valence-electron chi connectivity index (χ0n) is 14.2. The fraction of sp³-hybridized carbons (Fsp3) is 0.421. The fourth-order valence-electron chi connectivity index (χ4n) is 3.04. The van der Waals surface area contributed by atoms with Crippen LogP contribution in [0.5, 0.6) is 0 Å². The third kappa shape index (κ3) is 5.43. The normalized spacial score (nSPS) is 14.9. The highest BCUT2D eigenvalue weighted by molar-refractivity contribution is 6.30. The summed E-state index contributed by atoms with van der Waals surface area (Å²) in [5, 5.41) is 6.98. The summed E-state index contributed by atoms with van der Waals surface area (Å²) in [4.78, 5) is 20.7. The van der Waals surface area contributed by atoms with E-state index in [0.29, 0.717) is 23.3 Å². The standard InChI is InChI=1S/C19H23ClN4O/c20-15-8-6-14(7-9-15)10-11-21-19(25)17-12-23-18(13-22-17)24-16-4-2-1-3-5-16/h6-9,12-13,16H,1-5,10-11H2,(H,21,25)(H,23,24). The molecule has 0 aliphatic heterocycles. The highest BCUT2D eigenvalue weighted by atomic mass is 35.5. The van der Waals surface area contributed by atoms with Crippen molar-refractivity contribution in [3.63, 3.8) is 0 Å². The summed E-state index contributed by atoms with van der Waals surface area (Å²) in [5.41, 5.74) is 1.47. The van der Waals surface area contributed by atoms with Gasteiger partial charge in [-0.1, -0.05) is 43.0 Å². The quantitative estimate of drug-likeness (QED) is 0.823. The average Bonchev–Trinajstić information content (AvgIpc) is 2.65. The number of nitrogens with one attached hydrogen (secondary N) is 2. The Morgan fingerprint density at radius 3 is 2.52 bits per heavy atom. The van der Waals surface area contributed by atoms with E-state index in [1.165, 1.54) is 38.3 Å². The first-order valence-corrected chi connectivity index (χ1v) is 9.20. The Hall–Kier alpha value is -2.14. The van der Waals surface area contributed by atoms with E-state index in [-0.39, 0.29) is 5.91 Å². The van der Waals surface area contributed by atoms with Gasteiger partial charge in [0.05, 0.1) is 12.4 Å². The number of hydrogen-bond donors (Lipinski definition) is 2. The summed E-state index contributed by atoms with van der Waals surface area (Å²) in [6.07, 6.45) is 10.1. The molecule has 1 aliphatic carbocycles. The monoisotopic (exact) mass is 358 g/mol. The van der Waals surface area contributed by atoms with Crippen LogP contribution in [0.1, 0.15) is 48.2 Å². The first-order chi connectivity index (χ1) is 12.2. The maximum absolute atomic E-state index is 12.1. The van der Waals surface area contributed by atoms with Crippen molar-refractivity contribution in [1.29, 1.82) is 0 Å². The van der Waals surface area contributed by atoms with E-state index < -0.39 is 0 Å². The van der Waals surface area contributed by atoms with Crippen LogP contribution in [0, 0.1) is 0 Å². The molecule has 3 rings (SSSR count). The number of carbonyl (C=O) groups is 1. The lowest BCUT2D eigenvalue weighted by atomic mass is 9.96. The lowest BCUT2D eigenvalue weighted by Crippen LogP contribution is -2.27. The Labute approximate surface area is 153 Å². The average molecular weight is 359 g/mol. The third-order valence-electron chi connectivity index (χ3n) is 4.45. The van der Waals surface area contributed by atoms with E-state index >= 15 is 0 Å². The van der Waals surface area contributed by atoms with Gasteiger partial charge in [-0.3, -0.25) is 4.79 Å².